The fourth-order valence-corrected chi connectivity index (χ4v) is 5.15. The van der Waals surface area contributed by atoms with Gasteiger partial charge in [0.25, 0.3) is 0 Å². The van der Waals surface area contributed by atoms with Crippen LogP contribution in [-0.2, 0) is 26.0 Å². The Balaban J connectivity index is 1.88. The summed E-state index contributed by atoms with van der Waals surface area (Å²) in [5.41, 5.74) is 0.679. The number of sulfone groups is 1. The highest BCUT2D eigenvalue weighted by Gasteiger charge is 2.25. The fourth-order valence-electron chi connectivity index (χ4n) is 3.77. The molecular weight excluding hydrogens is 390 g/mol. The highest BCUT2D eigenvalue weighted by Crippen LogP contribution is 2.26. The first-order valence-electron chi connectivity index (χ1n) is 10.2. The zero-order valence-electron chi connectivity index (χ0n) is 17.1. The zero-order chi connectivity index (χ0) is 21.0. The van der Waals surface area contributed by atoms with Crippen LogP contribution in [0, 0.1) is 0 Å². The number of likely N-dealkylation sites (tertiary alicyclic amines) is 1. The van der Waals surface area contributed by atoms with Gasteiger partial charge in [0.05, 0.1) is 4.90 Å². The van der Waals surface area contributed by atoms with Crippen molar-refractivity contribution in [3.05, 3.63) is 30.5 Å². The lowest BCUT2D eigenvalue weighted by molar-refractivity contribution is -0.131. The van der Waals surface area contributed by atoms with E-state index >= 15 is 0 Å². The van der Waals surface area contributed by atoms with Gasteiger partial charge < -0.3 is 14.8 Å². The van der Waals surface area contributed by atoms with Crippen LogP contribution in [-0.4, -0.2) is 54.6 Å². The standard InChI is InChI=1S/C21H29N3O4S/c1-16(2)22-20(25)15-29(27,28)19-13-24(18-10-6-5-9-17(18)19)14-21(26)23-11-7-3-4-8-12-23/h5-6,9-10,13,16H,3-4,7-8,11-12,14-15H2,1-2H3,(H,22,25). The van der Waals surface area contributed by atoms with Crippen LogP contribution in [0.5, 0.6) is 0 Å². The van der Waals surface area contributed by atoms with Gasteiger partial charge >= 0.3 is 0 Å². The highest BCUT2D eigenvalue weighted by molar-refractivity contribution is 7.92. The number of hydrogen-bond donors (Lipinski definition) is 1. The molecule has 7 nitrogen and oxygen atoms in total. The molecule has 1 aromatic heterocycles. The molecule has 1 aromatic carbocycles. The van der Waals surface area contributed by atoms with Crippen LogP contribution in [0.2, 0.25) is 0 Å². The monoisotopic (exact) mass is 419 g/mol. The summed E-state index contributed by atoms with van der Waals surface area (Å²) < 4.78 is 27.5. The summed E-state index contributed by atoms with van der Waals surface area (Å²) in [4.78, 5) is 26.8. The van der Waals surface area contributed by atoms with Crippen molar-refractivity contribution < 1.29 is 18.0 Å². The first-order chi connectivity index (χ1) is 13.8. The predicted octanol–water partition coefficient (Wildman–Crippen LogP) is 2.34. The third kappa shape index (κ3) is 5.18. The number of rotatable bonds is 6. The van der Waals surface area contributed by atoms with Gasteiger partial charge in [0.1, 0.15) is 12.3 Å². The van der Waals surface area contributed by atoms with Crippen molar-refractivity contribution in [1.29, 1.82) is 0 Å². The van der Waals surface area contributed by atoms with Crippen LogP contribution >= 0.6 is 0 Å². The van der Waals surface area contributed by atoms with E-state index in [-0.39, 0.29) is 23.4 Å². The van der Waals surface area contributed by atoms with Crippen molar-refractivity contribution >= 4 is 32.6 Å². The lowest BCUT2D eigenvalue weighted by Crippen LogP contribution is -2.35. The van der Waals surface area contributed by atoms with E-state index in [0.717, 1.165) is 38.8 Å². The Bertz CT molecular complexity index is 987. The predicted molar refractivity (Wildman–Crippen MR) is 112 cm³/mol. The average molecular weight is 420 g/mol. The van der Waals surface area contributed by atoms with Crippen LogP contribution in [0.15, 0.2) is 35.4 Å². The van der Waals surface area contributed by atoms with Gasteiger partial charge in [0, 0.05) is 36.2 Å². The van der Waals surface area contributed by atoms with E-state index in [9.17, 15) is 18.0 Å². The number of hydrogen-bond acceptors (Lipinski definition) is 4. The summed E-state index contributed by atoms with van der Waals surface area (Å²) in [6.07, 6.45) is 5.78. The van der Waals surface area contributed by atoms with E-state index in [1.807, 2.05) is 11.0 Å². The van der Waals surface area contributed by atoms with Gasteiger partial charge in [0.2, 0.25) is 11.8 Å². The smallest absolute Gasteiger partial charge is 0.242 e. The van der Waals surface area contributed by atoms with Crippen molar-refractivity contribution in [2.24, 2.45) is 0 Å². The van der Waals surface area contributed by atoms with E-state index in [1.54, 1.807) is 36.6 Å². The van der Waals surface area contributed by atoms with E-state index in [0.29, 0.717) is 10.9 Å². The molecule has 0 bridgehead atoms. The Hall–Kier alpha value is -2.35. The Morgan fingerprint density at radius 2 is 1.72 bits per heavy atom. The number of nitrogens with one attached hydrogen (secondary N) is 1. The molecule has 0 aliphatic carbocycles. The van der Waals surface area contributed by atoms with Crippen molar-refractivity contribution in [1.82, 2.24) is 14.8 Å². The Kier molecular flexibility index (Phi) is 6.62. The molecule has 158 valence electrons. The maximum atomic E-state index is 12.9. The first-order valence-corrected chi connectivity index (χ1v) is 11.8. The van der Waals surface area contributed by atoms with E-state index in [1.165, 1.54) is 6.20 Å². The lowest BCUT2D eigenvalue weighted by Gasteiger charge is -2.20. The van der Waals surface area contributed by atoms with Crippen LogP contribution < -0.4 is 5.32 Å². The minimum atomic E-state index is -3.84. The quantitative estimate of drug-likeness (QED) is 0.778. The van der Waals surface area contributed by atoms with Crippen LogP contribution in [0.3, 0.4) is 0 Å². The second-order valence-corrected chi connectivity index (χ2v) is 9.87. The van der Waals surface area contributed by atoms with Crippen molar-refractivity contribution in [2.45, 2.75) is 57.0 Å². The normalized spacial score (nSPS) is 15.5. The summed E-state index contributed by atoms with van der Waals surface area (Å²) in [5, 5.41) is 3.15. The zero-order valence-corrected chi connectivity index (χ0v) is 17.9. The van der Waals surface area contributed by atoms with Gasteiger partial charge in [0.15, 0.2) is 9.84 Å². The minimum Gasteiger partial charge on any atom is -0.353 e. The fraction of sp³-hybridized carbons (Fsp3) is 0.524. The van der Waals surface area contributed by atoms with Crippen molar-refractivity contribution in [2.75, 3.05) is 18.8 Å². The van der Waals surface area contributed by atoms with Crippen molar-refractivity contribution in [3.63, 3.8) is 0 Å². The molecule has 0 unspecified atom stereocenters. The summed E-state index contributed by atoms with van der Waals surface area (Å²) in [5.74, 6) is -1.15. The number of fused-ring (bicyclic) bond motifs is 1. The Morgan fingerprint density at radius 1 is 1.07 bits per heavy atom. The largest absolute Gasteiger partial charge is 0.353 e. The number of nitrogens with zero attached hydrogens (tertiary/aromatic N) is 2. The topological polar surface area (TPSA) is 88.5 Å². The van der Waals surface area contributed by atoms with Crippen LogP contribution in [0.4, 0.5) is 0 Å². The summed E-state index contributed by atoms with van der Waals surface area (Å²) in [7, 11) is -3.84. The number of amides is 2. The highest BCUT2D eigenvalue weighted by atomic mass is 32.2. The molecule has 0 atom stereocenters. The van der Waals surface area contributed by atoms with E-state index < -0.39 is 21.5 Å². The maximum Gasteiger partial charge on any atom is 0.242 e. The molecule has 2 amide bonds. The number of carbonyl (C=O) groups excluding carboxylic acids is 2. The van der Waals surface area contributed by atoms with Gasteiger partial charge in [-0.05, 0) is 32.8 Å². The molecule has 1 aliphatic heterocycles. The third-order valence-electron chi connectivity index (χ3n) is 5.12. The molecule has 1 fully saturated rings. The number of carbonyl (C=O) groups is 2. The number of aromatic nitrogens is 1. The molecule has 3 rings (SSSR count). The Morgan fingerprint density at radius 3 is 2.38 bits per heavy atom. The lowest BCUT2D eigenvalue weighted by atomic mass is 10.2. The van der Waals surface area contributed by atoms with Crippen LogP contribution in [0.1, 0.15) is 39.5 Å². The first kappa shape index (κ1) is 21.4. The van der Waals surface area contributed by atoms with Crippen LogP contribution in [0.25, 0.3) is 10.9 Å². The third-order valence-corrected chi connectivity index (χ3v) is 6.76. The van der Waals surface area contributed by atoms with E-state index in [2.05, 4.69) is 5.32 Å². The molecule has 29 heavy (non-hydrogen) atoms. The summed E-state index contributed by atoms with van der Waals surface area (Å²) >= 11 is 0. The van der Waals surface area contributed by atoms with Gasteiger partial charge in [-0.1, -0.05) is 31.0 Å². The van der Waals surface area contributed by atoms with Crippen molar-refractivity contribution in [3.8, 4) is 0 Å². The summed E-state index contributed by atoms with van der Waals surface area (Å²) in [6, 6.07) is 6.96. The van der Waals surface area contributed by atoms with Gasteiger partial charge in [-0.2, -0.15) is 0 Å². The SMILES string of the molecule is CC(C)NC(=O)CS(=O)(=O)c1cn(CC(=O)N2CCCCCC2)c2ccccc12. The molecule has 1 saturated heterocycles. The molecule has 2 heterocycles. The van der Waals surface area contributed by atoms with Gasteiger partial charge in [-0.15, -0.1) is 0 Å². The van der Waals surface area contributed by atoms with E-state index in [4.69, 9.17) is 0 Å². The molecule has 2 aromatic rings. The molecular formula is C21H29N3O4S. The molecule has 0 saturated carbocycles. The number of benzene rings is 1. The molecule has 0 radical (unpaired) electrons. The summed E-state index contributed by atoms with van der Waals surface area (Å²) in [6.45, 7) is 5.15. The second-order valence-electron chi connectivity index (χ2n) is 7.91. The average Bonchev–Trinajstić information content (AvgIpc) is 2.82. The molecule has 1 aliphatic rings. The maximum absolute atomic E-state index is 12.9. The molecule has 0 spiro atoms. The minimum absolute atomic E-state index is 0.00541. The number of para-hydroxylation sites is 1. The van der Waals surface area contributed by atoms with Gasteiger partial charge in [-0.25, -0.2) is 8.42 Å². The second kappa shape index (κ2) is 8.98. The Labute approximate surface area is 172 Å². The molecule has 1 N–H and O–H groups in total. The van der Waals surface area contributed by atoms with Gasteiger partial charge in [-0.3, -0.25) is 9.59 Å². The molecule has 8 heteroatoms.